The minimum absolute atomic E-state index is 0.0166. The molecule has 2 rings (SSSR count). The summed E-state index contributed by atoms with van der Waals surface area (Å²) in [7, 11) is 0. The third-order valence-electron chi connectivity index (χ3n) is 3.07. The number of rotatable bonds is 2. The molecule has 0 fully saturated rings. The van der Waals surface area contributed by atoms with Crippen LogP contribution in [-0.2, 0) is 0 Å². The minimum atomic E-state index is 0.0166. The molecule has 0 aliphatic carbocycles. The molecule has 2 aromatic rings. The number of Topliss-reactive ketones (excluding diaryl/α,β-unsaturated/α-hetero) is 1. The summed E-state index contributed by atoms with van der Waals surface area (Å²) in [4.78, 5) is 15.7. The van der Waals surface area contributed by atoms with Crippen LogP contribution < -0.4 is 0 Å². The summed E-state index contributed by atoms with van der Waals surface area (Å²) in [6, 6.07) is 8.13. The van der Waals surface area contributed by atoms with Crippen LogP contribution in [0.1, 0.15) is 48.3 Å². The Morgan fingerprint density at radius 2 is 1.94 bits per heavy atom. The maximum atomic E-state index is 11.4. The number of fused-ring (bicyclic) bond motifs is 1. The van der Waals surface area contributed by atoms with Crippen LogP contribution in [0.4, 0.5) is 0 Å². The normalized spacial score (nSPS) is 11.1. The number of aryl methyl sites for hydroxylation is 1. The van der Waals surface area contributed by atoms with Crippen LogP contribution in [0.3, 0.4) is 0 Å². The van der Waals surface area contributed by atoms with Crippen molar-refractivity contribution in [1.29, 1.82) is 0 Å². The van der Waals surface area contributed by atoms with Crippen LogP contribution >= 0.6 is 0 Å². The van der Waals surface area contributed by atoms with E-state index < -0.39 is 0 Å². The second kappa shape index (κ2) is 4.28. The second-order valence-electron chi connectivity index (χ2n) is 4.81. The van der Waals surface area contributed by atoms with Crippen LogP contribution in [0.15, 0.2) is 24.3 Å². The van der Waals surface area contributed by atoms with E-state index in [4.69, 9.17) is 0 Å². The first-order chi connectivity index (χ1) is 7.99. The van der Waals surface area contributed by atoms with Crippen molar-refractivity contribution >= 4 is 16.7 Å². The molecule has 0 N–H and O–H groups in total. The highest BCUT2D eigenvalue weighted by Gasteiger charge is 2.08. The molecule has 17 heavy (non-hydrogen) atoms. The Bertz CT molecular complexity index is 585. The topological polar surface area (TPSA) is 30.0 Å². The number of carbonyl (C=O) groups excluding carboxylic acids is 1. The van der Waals surface area contributed by atoms with E-state index in [1.165, 1.54) is 5.56 Å². The van der Waals surface area contributed by atoms with Crippen LogP contribution in [0, 0.1) is 6.92 Å². The predicted octanol–water partition coefficient (Wildman–Crippen LogP) is 3.87. The van der Waals surface area contributed by atoms with Crippen molar-refractivity contribution in [1.82, 2.24) is 4.98 Å². The molecule has 2 nitrogen and oxygen atoms in total. The van der Waals surface area contributed by atoms with Gasteiger partial charge in [0.25, 0.3) is 0 Å². The number of pyridine rings is 1. The summed E-state index contributed by atoms with van der Waals surface area (Å²) >= 11 is 0. The Hall–Kier alpha value is -1.70. The Kier molecular flexibility index (Phi) is 2.97. The van der Waals surface area contributed by atoms with E-state index >= 15 is 0 Å². The van der Waals surface area contributed by atoms with Gasteiger partial charge < -0.3 is 0 Å². The maximum Gasteiger partial charge on any atom is 0.178 e. The predicted molar refractivity (Wildman–Crippen MR) is 70.6 cm³/mol. The summed E-state index contributed by atoms with van der Waals surface area (Å²) in [6.45, 7) is 7.93. The summed E-state index contributed by atoms with van der Waals surface area (Å²) < 4.78 is 0. The number of nitrogens with zero attached hydrogens (tertiary/aromatic N) is 1. The average molecular weight is 227 g/mol. The lowest BCUT2D eigenvalue weighted by Crippen LogP contribution is -1.99. The molecule has 0 saturated carbocycles. The number of aromatic nitrogens is 1. The van der Waals surface area contributed by atoms with Gasteiger partial charge in [-0.3, -0.25) is 4.79 Å². The molecule has 0 atom stereocenters. The van der Waals surface area contributed by atoms with Gasteiger partial charge >= 0.3 is 0 Å². The molecule has 0 aliphatic heterocycles. The minimum Gasteiger partial charge on any atom is -0.293 e. The van der Waals surface area contributed by atoms with E-state index in [1.807, 2.05) is 19.1 Å². The second-order valence-corrected chi connectivity index (χ2v) is 4.81. The third-order valence-corrected chi connectivity index (χ3v) is 3.07. The lowest BCUT2D eigenvalue weighted by Gasteiger charge is -2.09. The van der Waals surface area contributed by atoms with Gasteiger partial charge in [0.05, 0.1) is 5.52 Å². The summed E-state index contributed by atoms with van der Waals surface area (Å²) in [6.07, 6.45) is 0. The lowest BCUT2D eigenvalue weighted by atomic mass is 9.99. The molecule has 0 spiro atoms. The quantitative estimate of drug-likeness (QED) is 0.729. The van der Waals surface area contributed by atoms with Gasteiger partial charge in [-0.15, -0.1) is 0 Å². The average Bonchev–Trinajstić information content (AvgIpc) is 2.28. The van der Waals surface area contributed by atoms with E-state index in [0.29, 0.717) is 11.6 Å². The molecule has 0 amide bonds. The van der Waals surface area contributed by atoms with Crippen molar-refractivity contribution in [2.45, 2.75) is 33.6 Å². The molecular formula is C15H17NO. The Labute approximate surface area is 102 Å². The van der Waals surface area contributed by atoms with Crippen molar-refractivity contribution in [2.24, 2.45) is 0 Å². The van der Waals surface area contributed by atoms with E-state index in [-0.39, 0.29) is 5.78 Å². The van der Waals surface area contributed by atoms with Crippen molar-refractivity contribution in [3.63, 3.8) is 0 Å². The number of hydrogen-bond donors (Lipinski definition) is 0. The van der Waals surface area contributed by atoms with Crippen molar-refractivity contribution in [3.8, 4) is 0 Å². The fourth-order valence-corrected chi connectivity index (χ4v) is 1.95. The lowest BCUT2D eigenvalue weighted by molar-refractivity contribution is 0.101. The van der Waals surface area contributed by atoms with Gasteiger partial charge in [0, 0.05) is 12.3 Å². The van der Waals surface area contributed by atoms with Gasteiger partial charge in [-0.2, -0.15) is 0 Å². The van der Waals surface area contributed by atoms with Crippen molar-refractivity contribution in [2.75, 3.05) is 0 Å². The molecule has 0 unspecified atom stereocenters. The molecule has 2 heteroatoms. The molecule has 1 heterocycles. The Balaban J connectivity index is 2.68. The van der Waals surface area contributed by atoms with Crippen LogP contribution in [0.5, 0.6) is 0 Å². The first-order valence-electron chi connectivity index (χ1n) is 5.91. The largest absolute Gasteiger partial charge is 0.293 e. The van der Waals surface area contributed by atoms with Crippen molar-refractivity contribution < 1.29 is 4.79 Å². The van der Waals surface area contributed by atoms with Gasteiger partial charge in [-0.1, -0.05) is 19.9 Å². The molecule has 88 valence electrons. The summed E-state index contributed by atoms with van der Waals surface area (Å²) in [5, 5.41) is 1.14. The van der Waals surface area contributed by atoms with Crippen molar-refractivity contribution in [3.05, 3.63) is 41.1 Å². The van der Waals surface area contributed by atoms with E-state index in [0.717, 1.165) is 16.5 Å². The fourth-order valence-electron chi connectivity index (χ4n) is 1.95. The molecule has 1 aromatic heterocycles. The maximum absolute atomic E-state index is 11.4. The van der Waals surface area contributed by atoms with Gasteiger partial charge in [0.1, 0.15) is 5.69 Å². The highest BCUT2D eigenvalue weighted by atomic mass is 16.1. The number of carbonyl (C=O) groups is 1. The van der Waals surface area contributed by atoms with Gasteiger partial charge in [0.2, 0.25) is 0 Å². The van der Waals surface area contributed by atoms with Crippen LogP contribution in [0.2, 0.25) is 0 Å². The number of hydrogen-bond acceptors (Lipinski definition) is 2. The standard InChI is InChI=1S/C15H17NO/c1-9(2)12-5-6-14-13(8-12)10(3)7-15(16-14)11(4)17/h5-9H,1-4H3. The highest BCUT2D eigenvalue weighted by molar-refractivity contribution is 5.95. The molecule has 0 aliphatic rings. The zero-order valence-corrected chi connectivity index (χ0v) is 10.7. The first kappa shape index (κ1) is 11.8. The first-order valence-corrected chi connectivity index (χ1v) is 5.91. The Morgan fingerprint density at radius 1 is 1.24 bits per heavy atom. The summed E-state index contributed by atoms with van der Waals surface area (Å²) in [5.74, 6) is 0.522. The number of benzene rings is 1. The fraction of sp³-hybridized carbons (Fsp3) is 0.333. The molecule has 1 aromatic carbocycles. The van der Waals surface area contributed by atoms with Gasteiger partial charge in [-0.05, 0) is 42.2 Å². The smallest absolute Gasteiger partial charge is 0.178 e. The SMILES string of the molecule is CC(=O)c1cc(C)c2cc(C(C)C)ccc2n1. The molecule has 0 saturated heterocycles. The Morgan fingerprint density at radius 3 is 2.53 bits per heavy atom. The van der Waals surface area contributed by atoms with E-state index in [2.05, 4.69) is 31.0 Å². The zero-order valence-electron chi connectivity index (χ0n) is 10.7. The van der Waals surface area contributed by atoms with Crippen LogP contribution in [-0.4, -0.2) is 10.8 Å². The monoisotopic (exact) mass is 227 g/mol. The summed E-state index contributed by atoms with van der Waals surface area (Å²) in [5.41, 5.74) is 3.87. The highest BCUT2D eigenvalue weighted by Crippen LogP contribution is 2.23. The number of ketones is 1. The third kappa shape index (κ3) is 2.21. The van der Waals surface area contributed by atoms with Gasteiger partial charge in [0.15, 0.2) is 5.78 Å². The molecule has 0 bridgehead atoms. The van der Waals surface area contributed by atoms with Gasteiger partial charge in [-0.25, -0.2) is 4.98 Å². The molecule has 0 radical (unpaired) electrons. The van der Waals surface area contributed by atoms with E-state index in [1.54, 1.807) is 6.92 Å². The molecular weight excluding hydrogens is 210 g/mol. The zero-order chi connectivity index (χ0) is 12.6. The van der Waals surface area contributed by atoms with E-state index in [9.17, 15) is 4.79 Å². The van der Waals surface area contributed by atoms with Crippen LogP contribution in [0.25, 0.3) is 10.9 Å².